The number of piperidine rings is 1. The molecule has 26 heavy (non-hydrogen) atoms. The Morgan fingerprint density at radius 2 is 2.19 bits per heavy atom. The number of likely N-dealkylation sites (tertiary alicyclic amines) is 1. The fourth-order valence-electron chi connectivity index (χ4n) is 3.39. The van der Waals surface area contributed by atoms with Crippen LogP contribution in [0.25, 0.3) is 11.0 Å². The molecule has 1 saturated heterocycles. The van der Waals surface area contributed by atoms with Crippen LogP contribution in [-0.2, 0) is 11.2 Å². The first kappa shape index (κ1) is 18.2. The molecule has 2 N–H and O–H groups in total. The molecule has 7 heteroatoms. The van der Waals surface area contributed by atoms with Crippen LogP contribution in [0.4, 0.5) is 4.79 Å². The van der Waals surface area contributed by atoms with Gasteiger partial charge in [-0.15, -0.1) is 0 Å². The summed E-state index contributed by atoms with van der Waals surface area (Å²) in [4.78, 5) is 35.7. The van der Waals surface area contributed by atoms with E-state index in [0.29, 0.717) is 19.5 Å². The topological polar surface area (TPSA) is 81.3 Å². The first-order valence-electron chi connectivity index (χ1n) is 9.13. The Morgan fingerprint density at radius 1 is 1.38 bits per heavy atom. The van der Waals surface area contributed by atoms with Gasteiger partial charge in [0, 0.05) is 40.2 Å². The van der Waals surface area contributed by atoms with E-state index in [0.717, 1.165) is 36.2 Å². The Balaban J connectivity index is 1.50. The molecule has 0 radical (unpaired) electrons. The summed E-state index contributed by atoms with van der Waals surface area (Å²) in [5.41, 5.74) is 3.16. The van der Waals surface area contributed by atoms with Gasteiger partial charge in [-0.2, -0.15) is 0 Å². The second-order valence-corrected chi connectivity index (χ2v) is 7.21. The number of H-pyrrole nitrogens is 1. The van der Waals surface area contributed by atoms with Crippen LogP contribution in [0.5, 0.6) is 0 Å². The lowest BCUT2D eigenvalue weighted by Crippen LogP contribution is -2.48. The quantitative estimate of drug-likeness (QED) is 0.877. The van der Waals surface area contributed by atoms with Crippen LogP contribution in [0, 0.1) is 12.8 Å². The lowest BCUT2D eigenvalue weighted by atomic mass is 9.97. The van der Waals surface area contributed by atoms with E-state index in [1.54, 1.807) is 23.9 Å². The number of hydrogen-bond donors (Lipinski definition) is 2. The minimum atomic E-state index is -0.133. The molecule has 1 fully saturated rings. The molecule has 7 nitrogen and oxygen atoms in total. The lowest BCUT2D eigenvalue weighted by molar-refractivity contribution is -0.126. The molecule has 3 amide bonds. The molecular formula is C19H27N5O2. The average Bonchev–Trinajstić information content (AvgIpc) is 3.02. The molecule has 1 unspecified atom stereocenters. The molecular weight excluding hydrogens is 330 g/mol. The van der Waals surface area contributed by atoms with E-state index in [2.05, 4.69) is 28.3 Å². The van der Waals surface area contributed by atoms with Gasteiger partial charge >= 0.3 is 6.03 Å². The number of nitrogens with zero attached hydrogens (tertiary/aromatic N) is 3. The van der Waals surface area contributed by atoms with Crippen LogP contribution in [0.15, 0.2) is 18.2 Å². The zero-order valence-electron chi connectivity index (χ0n) is 15.7. The first-order valence-corrected chi connectivity index (χ1v) is 9.13. The number of imidazole rings is 1. The van der Waals surface area contributed by atoms with Crippen molar-refractivity contribution in [3.05, 3.63) is 29.6 Å². The number of hydrogen-bond acceptors (Lipinski definition) is 3. The number of urea groups is 1. The Labute approximate surface area is 153 Å². The maximum absolute atomic E-state index is 12.4. The van der Waals surface area contributed by atoms with E-state index < -0.39 is 0 Å². The summed E-state index contributed by atoms with van der Waals surface area (Å²) < 4.78 is 0. The van der Waals surface area contributed by atoms with Crippen molar-refractivity contribution in [1.82, 2.24) is 25.1 Å². The highest BCUT2D eigenvalue weighted by Crippen LogP contribution is 2.18. The molecule has 2 heterocycles. The van der Waals surface area contributed by atoms with Crippen molar-refractivity contribution in [3.8, 4) is 0 Å². The smallest absolute Gasteiger partial charge is 0.319 e. The standard InChI is InChI=1S/C19H27N5O2/c1-13-6-7-15-16(11-13)22-17(21-15)8-9-20-18(25)14-5-4-10-24(12-14)19(26)23(2)3/h6-7,11,14H,4-5,8-10,12H2,1-3H3,(H,20,25)(H,21,22). The summed E-state index contributed by atoms with van der Waals surface area (Å²) in [5.74, 6) is 0.762. The molecule has 140 valence electrons. The van der Waals surface area contributed by atoms with Crippen LogP contribution >= 0.6 is 0 Å². The summed E-state index contributed by atoms with van der Waals surface area (Å²) in [6.45, 7) is 3.80. The molecule has 1 aromatic heterocycles. The first-order chi connectivity index (χ1) is 12.4. The van der Waals surface area contributed by atoms with Gasteiger partial charge in [0.25, 0.3) is 0 Å². The van der Waals surface area contributed by atoms with E-state index in [1.807, 2.05) is 12.1 Å². The van der Waals surface area contributed by atoms with Gasteiger partial charge in [0.2, 0.25) is 5.91 Å². The van der Waals surface area contributed by atoms with E-state index in [4.69, 9.17) is 0 Å². The molecule has 0 aliphatic carbocycles. The Morgan fingerprint density at radius 3 is 2.96 bits per heavy atom. The molecule has 0 bridgehead atoms. The van der Waals surface area contributed by atoms with Crippen molar-refractivity contribution in [2.45, 2.75) is 26.2 Å². The van der Waals surface area contributed by atoms with E-state index >= 15 is 0 Å². The number of fused-ring (bicyclic) bond motifs is 1. The van der Waals surface area contributed by atoms with Gasteiger partial charge in [0.05, 0.1) is 17.0 Å². The number of nitrogens with one attached hydrogen (secondary N) is 2. The second kappa shape index (κ2) is 7.76. The van der Waals surface area contributed by atoms with Crippen LogP contribution < -0.4 is 5.32 Å². The Hall–Kier alpha value is -2.57. The highest BCUT2D eigenvalue weighted by molar-refractivity contribution is 5.81. The normalized spacial score (nSPS) is 17.3. The fraction of sp³-hybridized carbons (Fsp3) is 0.526. The molecule has 2 aromatic rings. The number of aromatic amines is 1. The number of aryl methyl sites for hydroxylation is 1. The van der Waals surface area contributed by atoms with Crippen LogP contribution in [0.3, 0.4) is 0 Å². The predicted octanol–water partition coefficient (Wildman–Crippen LogP) is 1.92. The summed E-state index contributed by atoms with van der Waals surface area (Å²) in [5, 5.41) is 2.99. The largest absolute Gasteiger partial charge is 0.355 e. The molecule has 1 aliphatic rings. The maximum Gasteiger partial charge on any atom is 0.319 e. The number of benzene rings is 1. The molecule has 0 saturated carbocycles. The fourth-order valence-corrected chi connectivity index (χ4v) is 3.39. The monoisotopic (exact) mass is 357 g/mol. The summed E-state index contributed by atoms with van der Waals surface area (Å²) in [6, 6.07) is 6.09. The number of carbonyl (C=O) groups excluding carboxylic acids is 2. The molecule has 3 rings (SSSR count). The summed E-state index contributed by atoms with van der Waals surface area (Å²) in [6.07, 6.45) is 2.35. The summed E-state index contributed by atoms with van der Waals surface area (Å²) in [7, 11) is 3.47. The van der Waals surface area contributed by atoms with Crippen LogP contribution in [0.2, 0.25) is 0 Å². The number of carbonyl (C=O) groups is 2. The van der Waals surface area contributed by atoms with Crippen molar-refractivity contribution in [3.63, 3.8) is 0 Å². The average molecular weight is 357 g/mol. The van der Waals surface area contributed by atoms with E-state index in [1.165, 1.54) is 5.56 Å². The Kier molecular flexibility index (Phi) is 5.44. The minimum Gasteiger partial charge on any atom is -0.355 e. The molecule has 0 spiro atoms. The summed E-state index contributed by atoms with van der Waals surface area (Å²) >= 11 is 0. The third-order valence-corrected chi connectivity index (χ3v) is 4.79. The van der Waals surface area contributed by atoms with Crippen LogP contribution in [-0.4, -0.2) is 65.4 Å². The highest BCUT2D eigenvalue weighted by atomic mass is 16.2. The molecule has 1 aliphatic heterocycles. The van der Waals surface area contributed by atoms with Gasteiger partial charge in [-0.1, -0.05) is 6.07 Å². The van der Waals surface area contributed by atoms with E-state index in [-0.39, 0.29) is 17.9 Å². The van der Waals surface area contributed by atoms with E-state index in [9.17, 15) is 9.59 Å². The lowest BCUT2D eigenvalue weighted by Gasteiger charge is -2.33. The van der Waals surface area contributed by atoms with Crippen molar-refractivity contribution in [1.29, 1.82) is 0 Å². The minimum absolute atomic E-state index is 0.0215. The van der Waals surface area contributed by atoms with Gasteiger partial charge in [-0.3, -0.25) is 4.79 Å². The molecule has 1 atom stereocenters. The third-order valence-electron chi connectivity index (χ3n) is 4.79. The zero-order valence-corrected chi connectivity index (χ0v) is 15.7. The number of amides is 3. The van der Waals surface area contributed by atoms with Crippen molar-refractivity contribution >= 4 is 23.0 Å². The second-order valence-electron chi connectivity index (χ2n) is 7.21. The van der Waals surface area contributed by atoms with Gasteiger partial charge in [0.1, 0.15) is 5.82 Å². The Bertz CT molecular complexity index is 798. The number of aromatic nitrogens is 2. The van der Waals surface area contributed by atoms with Gasteiger partial charge < -0.3 is 20.1 Å². The van der Waals surface area contributed by atoms with Crippen molar-refractivity contribution < 1.29 is 9.59 Å². The third kappa shape index (κ3) is 4.15. The highest BCUT2D eigenvalue weighted by Gasteiger charge is 2.28. The van der Waals surface area contributed by atoms with Crippen molar-refractivity contribution in [2.75, 3.05) is 33.7 Å². The van der Waals surface area contributed by atoms with Gasteiger partial charge in [-0.25, -0.2) is 9.78 Å². The van der Waals surface area contributed by atoms with Crippen LogP contribution in [0.1, 0.15) is 24.2 Å². The maximum atomic E-state index is 12.4. The van der Waals surface area contributed by atoms with Gasteiger partial charge in [0.15, 0.2) is 0 Å². The zero-order chi connectivity index (χ0) is 18.7. The predicted molar refractivity (Wildman–Crippen MR) is 101 cm³/mol. The number of rotatable bonds is 4. The van der Waals surface area contributed by atoms with Crippen molar-refractivity contribution in [2.24, 2.45) is 5.92 Å². The molecule has 1 aromatic carbocycles. The van der Waals surface area contributed by atoms with Gasteiger partial charge in [-0.05, 0) is 37.5 Å². The SMILES string of the molecule is Cc1ccc2nc(CCNC(=O)C3CCCN(C(=O)N(C)C)C3)[nH]c2c1.